The van der Waals surface area contributed by atoms with E-state index in [1.807, 2.05) is 12.1 Å². The summed E-state index contributed by atoms with van der Waals surface area (Å²) in [6, 6.07) is 12.3. The molecule has 0 amide bonds. The molecule has 0 saturated carbocycles. The molecule has 0 aliphatic carbocycles. The van der Waals surface area contributed by atoms with Crippen molar-refractivity contribution in [2.24, 2.45) is 0 Å². The molecule has 0 bridgehead atoms. The fourth-order valence-corrected chi connectivity index (χ4v) is 1.88. The van der Waals surface area contributed by atoms with E-state index in [1.165, 1.54) is 0 Å². The Morgan fingerprint density at radius 1 is 1.19 bits per heavy atom. The lowest BCUT2D eigenvalue weighted by molar-refractivity contribution is 0.0527. The average Bonchev–Trinajstić information content (AvgIpc) is 2.48. The number of rotatable bonds is 5. The van der Waals surface area contributed by atoms with Crippen LogP contribution in [0.3, 0.4) is 0 Å². The van der Waals surface area contributed by atoms with Crippen LogP contribution < -0.4 is 10.5 Å². The fourth-order valence-electron chi connectivity index (χ4n) is 1.76. The Kier molecular flexibility index (Phi) is 5.06. The Balaban J connectivity index is 2.08. The van der Waals surface area contributed by atoms with Crippen molar-refractivity contribution in [3.05, 3.63) is 58.6 Å². The SMILES string of the molecule is CCOC(=O)c1cc(OCc2ccc(Cl)cc2)ccc1N. The molecule has 0 saturated heterocycles. The molecule has 2 rings (SSSR count). The smallest absolute Gasteiger partial charge is 0.340 e. The monoisotopic (exact) mass is 305 g/mol. The van der Waals surface area contributed by atoms with E-state index in [0.717, 1.165) is 5.56 Å². The predicted octanol–water partition coefficient (Wildman–Crippen LogP) is 3.68. The lowest BCUT2D eigenvalue weighted by Gasteiger charge is -2.10. The molecule has 0 heterocycles. The minimum atomic E-state index is -0.452. The van der Waals surface area contributed by atoms with Crippen molar-refractivity contribution in [3.8, 4) is 5.75 Å². The van der Waals surface area contributed by atoms with Gasteiger partial charge in [0.05, 0.1) is 12.2 Å². The van der Waals surface area contributed by atoms with Gasteiger partial charge in [-0.15, -0.1) is 0 Å². The summed E-state index contributed by atoms with van der Waals surface area (Å²) in [5.41, 5.74) is 7.43. The van der Waals surface area contributed by atoms with Crippen molar-refractivity contribution in [2.75, 3.05) is 12.3 Å². The second-order valence-corrected chi connectivity index (χ2v) is 4.82. The topological polar surface area (TPSA) is 61.5 Å². The predicted molar refractivity (Wildman–Crippen MR) is 82.6 cm³/mol. The van der Waals surface area contributed by atoms with Gasteiger partial charge in [-0.1, -0.05) is 23.7 Å². The van der Waals surface area contributed by atoms with Gasteiger partial charge in [-0.2, -0.15) is 0 Å². The van der Waals surface area contributed by atoms with Crippen LogP contribution in [0, 0.1) is 0 Å². The minimum Gasteiger partial charge on any atom is -0.489 e. The van der Waals surface area contributed by atoms with E-state index in [4.69, 9.17) is 26.8 Å². The Bertz CT molecular complexity index is 626. The first kappa shape index (κ1) is 15.2. The first-order valence-electron chi connectivity index (χ1n) is 6.54. The van der Waals surface area contributed by atoms with Crippen molar-refractivity contribution in [3.63, 3.8) is 0 Å². The summed E-state index contributed by atoms with van der Waals surface area (Å²) in [4.78, 5) is 11.8. The number of ether oxygens (including phenoxy) is 2. The first-order chi connectivity index (χ1) is 10.1. The van der Waals surface area contributed by atoms with E-state index < -0.39 is 5.97 Å². The van der Waals surface area contributed by atoms with E-state index >= 15 is 0 Å². The molecule has 2 aromatic rings. The summed E-state index contributed by atoms with van der Waals surface area (Å²) in [5.74, 6) is 0.106. The van der Waals surface area contributed by atoms with Crippen LogP contribution in [-0.2, 0) is 11.3 Å². The summed E-state index contributed by atoms with van der Waals surface area (Å²) in [6.07, 6.45) is 0. The van der Waals surface area contributed by atoms with Gasteiger partial charge in [0.2, 0.25) is 0 Å². The first-order valence-corrected chi connectivity index (χ1v) is 6.92. The fraction of sp³-hybridized carbons (Fsp3) is 0.188. The number of halogens is 1. The average molecular weight is 306 g/mol. The molecule has 2 N–H and O–H groups in total. The number of nitrogens with two attached hydrogens (primary N) is 1. The number of esters is 1. The summed E-state index contributed by atoms with van der Waals surface area (Å²) in [6.45, 7) is 2.42. The van der Waals surface area contributed by atoms with Crippen LogP contribution in [-0.4, -0.2) is 12.6 Å². The molecule has 2 aromatic carbocycles. The van der Waals surface area contributed by atoms with Crippen molar-refractivity contribution in [2.45, 2.75) is 13.5 Å². The van der Waals surface area contributed by atoms with Gasteiger partial charge in [0.1, 0.15) is 12.4 Å². The van der Waals surface area contributed by atoms with Crippen LogP contribution in [0.15, 0.2) is 42.5 Å². The van der Waals surface area contributed by atoms with Gasteiger partial charge < -0.3 is 15.2 Å². The quantitative estimate of drug-likeness (QED) is 0.676. The van der Waals surface area contributed by atoms with Crippen molar-refractivity contribution >= 4 is 23.3 Å². The van der Waals surface area contributed by atoms with E-state index in [9.17, 15) is 4.79 Å². The van der Waals surface area contributed by atoms with Gasteiger partial charge in [-0.05, 0) is 42.8 Å². The summed E-state index contributed by atoms with van der Waals surface area (Å²) in [7, 11) is 0. The molecular weight excluding hydrogens is 290 g/mol. The molecule has 0 aliphatic rings. The summed E-state index contributed by atoms with van der Waals surface area (Å²) >= 11 is 5.83. The van der Waals surface area contributed by atoms with Gasteiger partial charge in [0.25, 0.3) is 0 Å². The molecule has 4 nitrogen and oxygen atoms in total. The number of nitrogen functional groups attached to an aromatic ring is 1. The molecule has 0 aromatic heterocycles. The van der Waals surface area contributed by atoms with E-state index in [1.54, 1.807) is 37.3 Å². The normalized spacial score (nSPS) is 10.2. The van der Waals surface area contributed by atoms with Gasteiger partial charge in [-0.25, -0.2) is 4.79 Å². The second-order valence-electron chi connectivity index (χ2n) is 4.38. The molecule has 0 spiro atoms. The number of carbonyl (C=O) groups excluding carboxylic acids is 1. The molecular formula is C16H16ClNO3. The van der Waals surface area contributed by atoms with E-state index in [-0.39, 0.29) is 0 Å². The maximum atomic E-state index is 11.8. The van der Waals surface area contributed by atoms with Crippen LogP contribution in [0.4, 0.5) is 5.69 Å². The lowest BCUT2D eigenvalue weighted by Crippen LogP contribution is -2.08. The standard InChI is InChI=1S/C16H16ClNO3/c1-2-20-16(19)14-9-13(7-8-15(14)18)21-10-11-3-5-12(17)6-4-11/h3-9H,2,10,18H2,1H3. The zero-order valence-corrected chi connectivity index (χ0v) is 12.4. The Morgan fingerprint density at radius 3 is 2.57 bits per heavy atom. The molecule has 0 radical (unpaired) electrons. The van der Waals surface area contributed by atoms with Gasteiger partial charge in [-0.3, -0.25) is 0 Å². The van der Waals surface area contributed by atoms with Gasteiger partial charge in [0.15, 0.2) is 0 Å². The lowest BCUT2D eigenvalue weighted by atomic mass is 10.1. The molecule has 0 unspecified atom stereocenters. The van der Waals surface area contributed by atoms with Crippen molar-refractivity contribution in [1.82, 2.24) is 0 Å². The third kappa shape index (κ3) is 4.13. The summed E-state index contributed by atoms with van der Waals surface area (Å²) < 4.78 is 10.6. The van der Waals surface area contributed by atoms with Crippen molar-refractivity contribution in [1.29, 1.82) is 0 Å². The minimum absolute atomic E-state index is 0.300. The number of carbonyl (C=O) groups is 1. The number of anilines is 1. The zero-order valence-electron chi connectivity index (χ0n) is 11.6. The summed E-state index contributed by atoms with van der Waals surface area (Å²) in [5, 5.41) is 0.677. The van der Waals surface area contributed by atoms with Crippen molar-refractivity contribution < 1.29 is 14.3 Å². The molecule has 0 fully saturated rings. The van der Waals surface area contributed by atoms with Crippen LogP contribution in [0.2, 0.25) is 5.02 Å². The van der Waals surface area contributed by atoms with Crippen LogP contribution in [0.5, 0.6) is 5.75 Å². The zero-order chi connectivity index (χ0) is 15.2. The third-order valence-corrected chi connectivity index (χ3v) is 3.09. The molecule has 110 valence electrons. The molecule has 0 aliphatic heterocycles. The Hall–Kier alpha value is -2.20. The molecule has 21 heavy (non-hydrogen) atoms. The number of benzene rings is 2. The van der Waals surface area contributed by atoms with E-state index in [0.29, 0.717) is 35.2 Å². The van der Waals surface area contributed by atoms with Gasteiger partial charge in [0, 0.05) is 10.7 Å². The van der Waals surface area contributed by atoms with E-state index in [2.05, 4.69) is 0 Å². The highest BCUT2D eigenvalue weighted by atomic mass is 35.5. The highest BCUT2D eigenvalue weighted by molar-refractivity contribution is 6.30. The van der Waals surface area contributed by atoms with Crippen LogP contribution in [0.1, 0.15) is 22.8 Å². The second kappa shape index (κ2) is 6.99. The number of hydrogen-bond donors (Lipinski definition) is 1. The maximum absolute atomic E-state index is 11.8. The Morgan fingerprint density at radius 2 is 1.90 bits per heavy atom. The molecule has 5 heteroatoms. The highest BCUT2D eigenvalue weighted by Gasteiger charge is 2.12. The molecule has 0 atom stereocenters. The van der Waals surface area contributed by atoms with Gasteiger partial charge >= 0.3 is 5.97 Å². The maximum Gasteiger partial charge on any atom is 0.340 e. The number of hydrogen-bond acceptors (Lipinski definition) is 4. The third-order valence-electron chi connectivity index (χ3n) is 2.84. The highest BCUT2D eigenvalue weighted by Crippen LogP contribution is 2.22. The largest absolute Gasteiger partial charge is 0.489 e. The van der Waals surface area contributed by atoms with Crippen LogP contribution in [0.25, 0.3) is 0 Å². The Labute approximate surface area is 128 Å². The van der Waals surface area contributed by atoms with Crippen LogP contribution >= 0.6 is 11.6 Å².